The van der Waals surface area contributed by atoms with Gasteiger partial charge in [-0.3, -0.25) is 9.69 Å². The molecule has 0 saturated heterocycles. The van der Waals surface area contributed by atoms with Crippen LogP contribution >= 0.6 is 11.3 Å². The molecular formula is C12H12N2O4S. The van der Waals surface area contributed by atoms with Crippen molar-refractivity contribution in [1.82, 2.24) is 4.98 Å². The van der Waals surface area contributed by atoms with Crippen molar-refractivity contribution in [2.75, 3.05) is 18.6 Å². The second-order valence-electron chi connectivity index (χ2n) is 3.68. The van der Waals surface area contributed by atoms with Crippen LogP contribution in [0, 0.1) is 0 Å². The fraction of sp³-hybridized carbons (Fsp3) is 0.250. The molecule has 0 aliphatic carbocycles. The van der Waals surface area contributed by atoms with Crippen LogP contribution in [0.2, 0.25) is 0 Å². The molecule has 0 saturated carbocycles. The summed E-state index contributed by atoms with van der Waals surface area (Å²) < 4.78 is 5.95. The van der Waals surface area contributed by atoms with Gasteiger partial charge in [0.1, 0.15) is 5.75 Å². The monoisotopic (exact) mass is 280 g/mol. The third kappa shape index (κ3) is 2.50. The lowest BCUT2D eigenvalue weighted by atomic mass is 10.3. The van der Waals surface area contributed by atoms with Gasteiger partial charge in [0, 0.05) is 6.54 Å². The number of methoxy groups -OCH3 is 1. The zero-order valence-electron chi connectivity index (χ0n) is 10.4. The number of carboxylic acid groups (broad SMARTS) is 1. The van der Waals surface area contributed by atoms with E-state index in [4.69, 9.17) is 9.84 Å². The van der Waals surface area contributed by atoms with Crippen molar-refractivity contribution >= 4 is 38.6 Å². The molecule has 1 amide bonds. The summed E-state index contributed by atoms with van der Waals surface area (Å²) in [7, 11) is 1.56. The van der Waals surface area contributed by atoms with Crippen molar-refractivity contribution < 1.29 is 19.4 Å². The summed E-state index contributed by atoms with van der Waals surface area (Å²) >= 11 is 1.26. The van der Waals surface area contributed by atoms with Crippen molar-refractivity contribution in [1.29, 1.82) is 0 Å². The van der Waals surface area contributed by atoms with Crippen LogP contribution in [-0.2, 0) is 9.59 Å². The van der Waals surface area contributed by atoms with Crippen molar-refractivity contribution in [3.8, 4) is 5.75 Å². The molecule has 0 fully saturated rings. The van der Waals surface area contributed by atoms with Crippen molar-refractivity contribution in [2.24, 2.45) is 0 Å². The summed E-state index contributed by atoms with van der Waals surface area (Å²) in [6, 6.07) is 5.34. The highest BCUT2D eigenvalue weighted by molar-refractivity contribution is 7.22. The second-order valence-corrected chi connectivity index (χ2v) is 4.69. The Morgan fingerprint density at radius 2 is 2.21 bits per heavy atom. The number of carbonyl (C=O) groups excluding carboxylic acids is 1. The molecule has 2 rings (SSSR count). The maximum atomic E-state index is 11.5. The molecule has 0 atom stereocenters. The van der Waals surface area contributed by atoms with E-state index < -0.39 is 11.9 Å². The molecule has 0 spiro atoms. The number of anilines is 1. The summed E-state index contributed by atoms with van der Waals surface area (Å²) in [5.74, 6) is -1.78. The lowest BCUT2D eigenvalue weighted by Crippen LogP contribution is -2.36. The Morgan fingerprint density at radius 3 is 2.79 bits per heavy atom. The number of amides is 1. The van der Waals surface area contributed by atoms with Gasteiger partial charge in [-0.15, -0.1) is 0 Å². The van der Waals surface area contributed by atoms with Crippen LogP contribution in [0.5, 0.6) is 5.75 Å². The molecule has 0 aliphatic rings. The number of carboxylic acids is 1. The summed E-state index contributed by atoms with van der Waals surface area (Å²) in [6.07, 6.45) is 0. The summed E-state index contributed by atoms with van der Waals surface area (Å²) in [6.45, 7) is 1.95. The van der Waals surface area contributed by atoms with Gasteiger partial charge in [-0.1, -0.05) is 11.3 Å². The number of hydrogen-bond acceptors (Lipinski definition) is 5. The van der Waals surface area contributed by atoms with E-state index in [9.17, 15) is 9.59 Å². The van der Waals surface area contributed by atoms with Gasteiger partial charge in [0.2, 0.25) is 0 Å². The lowest BCUT2D eigenvalue weighted by Gasteiger charge is -2.14. The van der Waals surface area contributed by atoms with Gasteiger partial charge in [0.15, 0.2) is 5.13 Å². The van der Waals surface area contributed by atoms with Crippen LogP contribution < -0.4 is 9.64 Å². The average molecular weight is 280 g/mol. The van der Waals surface area contributed by atoms with Gasteiger partial charge in [-0.25, -0.2) is 9.78 Å². The molecule has 0 aliphatic heterocycles. The van der Waals surface area contributed by atoms with E-state index in [1.54, 1.807) is 32.2 Å². The van der Waals surface area contributed by atoms with Crippen molar-refractivity contribution in [3.05, 3.63) is 18.2 Å². The van der Waals surface area contributed by atoms with E-state index >= 15 is 0 Å². The third-order valence-electron chi connectivity index (χ3n) is 2.56. The minimum atomic E-state index is -1.49. The van der Waals surface area contributed by atoms with E-state index in [2.05, 4.69) is 4.98 Å². The van der Waals surface area contributed by atoms with Gasteiger partial charge in [-0.05, 0) is 25.1 Å². The maximum absolute atomic E-state index is 11.5. The minimum Gasteiger partial charge on any atom is -0.497 e. The fourth-order valence-corrected chi connectivity index (χ4v) is 2.67. The van der Waals surface area contributed by atoms with Gasteiger partial charge in [0.05, 0.1) is 17.3 Å². The Balaban J connectivity index is 2.44. The Kier molecular flexibility index (Phi) is 3.66. The topological polar surface area (TPSA) is 79.7 Å². The molecule has 100 valence electrons. The van der Waals surface area contributed by atoms with E-state index in [0.717, 1.165) is 9.60 Å². The number of hydrogen-bond donors (Lipinski definition) is 1. The van der Waals surface area contributed by atoms with E-state index in [-0.39, 0.29) is 6.54 Å². The molecule has 0 bridgehead atoms. The molecule has 1 aromatic carbocycles. The normalized spacial score (nSPS) is 10.4. The van der Waals surface area contributed by atoms with E-state index in [1.165, 1.54) is 11.3 Å². The number of benzene rings is 1. The maximum Gasteiger partial charge on any atom is 0.395 e. The van der Waals surface area contributed by atoms with Crippen molar-refractivity contribution in [3.63, 3.8) is 0 Å². The molecule has 7 heteroatoms. The standard InChI is InChI=1S/C12H12N2O4S/c1-3-14(10(15)11(16)17)12-13-8-5-4-7(18-2)6-9(8)19-12/h4-6H,3H2,1-2H3,(H,16,17). The Bertz CT molecular complexity index is 638. The predicted octanol–water partition coefficient (Wildman–Crippen LogP) is 1.74. The Labute approximate surface area is 113 Å². The van der Waals surface area contributed by atoms with Gasteiger partial charge in [-0.2, -0.15) is 0 Å². The Morgan fingerprint density at radius 1 is 1.47 bits per heavy atom. The number of ether oxygens (including phenoxy) is 1. The van der Waals surface area contributed by atoms with Gasteiger partial charge in [0.25, 0.3) is 0 Å². The SMILES string of the molecule is CCN(C(=O)C(=O)O)c1nc2ccc(OC)cc2s1. The predicted molar refractivity (Wildman–Crippen MR) is 71.8 cm³/mol. The average Bonchev–Trinajstić information content (AvgIpc) is 2.81. The first-order valence-electron chi connectivity index (χ1n) is 5.56. The quantitative estimate of drug-likeness (QED) is 0.866. The molecular weight excluding hydrogens is 268 g/mol. The van der Waals surface area contributed by atoms with Crippen LogP contribution in [0.4, 0.5) is 5.13 Å². The first-order valence-corrected chi connectivity index (χ1v) is 6.37. The van der Waals surface area contributed by atoms with Crippen LogP contribution in [0.1, 0.15) is 6.92 Å². The lowest BCUT2D eigenvalue weighted by molar-refractivity contribution is -0.148. The number of aromatic nitrogens is 1. The van der Waals surface area contributed by atoms with Crippen LogP contribution in [0.15, 0.2) is 18.2 Å². The molecule has 2 aromatic rings. The first kappa shape index (κ1) is 13.3. The molecule has 0 unspecified atom stereocenters. The second kappa shape index (κ2) is 5.23. The van der Waals surface area contributed by atoms with Crippen LogP contribution in [0.25, 0.3) is 10.2 Å². The summed E-state index contributed by atoms with van der Waals surface area (Å²) in [5.41, 5.74) is 0.706. The summed E-state index contributed by atoms with van der Waals surface area (Å²) in [5, 5.41) is 9.14. The van der Waals surface area contributed by atoms with Gasteiger partial charge >= 0.3 is 11.9 Å². The first-order chi connectivity index (χ1) is 9.06. The number of likely N-dealkylation sites (N-methyl/N-ethyl adjacent to an activating group) is 1. The molecule has 0 radical (unpaired) electrons. The highest BCUT2D eigenvalue weighted by Crippen LogP contribution is 2.31. The zero-order chi connectivity index (χ0) is 14.0. The summed E-state index contributed by atoms with van der Waals surface area (Å²) in [4.78, 5) is 27.7. The molecule has 1 heterocycles. The van der Waals surface area contributed by atoms with E-state index in [0.29, 0.717) is 16.4 Å². The molecule has 6 nitrogen and oxygen atoms in total. The van der Waals surface area contributed by atoms with Crippen LogP contribution in [0.3, 0.4) is 0 Å². The van der Waals surface area contributed by atoms with Crippen LogP contribution in [-0.4, -0.2) is 35.6 Å². The van der Waals surface area contributed by atoms with Crippen molar-refractivity contribution in [2.45, 2.75) is 6.92 Å². The number of carbonyl (C=O) groups is 2. The highest BCUT2D eigenvalue weighted by Gasteiger charge is 2.23. The minimum absolute atomic E-state index is 0.252. The highest BCUT2D eigenvalue weighted by atomic mass is 32.1. The zero-order valence-corrected chi connectivity index (χ0v) is 11.2. The fourth-order valence-electron chi connectivity index (χ4n) is 1.62. The van der Waals surface area contributed by atoms with E-state index in [1.807, 2.05) is 0 Å². The Hall–Kier alpha value is -2.15. The molecule has 1 aromatic heterocycles. The largest absolute Gasteiger partial charge is 0.497 e. The molecule has 19 heavy (non-hydrogen) atoms. The number of aliphatic carboxylic acids is 1. The number of thiazole rings is 1. The number of fused-ring (bicyclic) bond motifs is 1. The number of rotatable bonds is 3. The number of nitrogens with zero attached hydrogens (tertiary/aromatic N) is 2. The smallest absolute Gasteiger partial charge is 0.395 e. The van der Waals surface area contributed by atoms with Gasteiger partial charge < -0.3 is 9.84 Å². The molecule has 1 N–H and O–H groups in total. The third-order valence-corrected chi connectivity index (χ3v) is 3.60.